The number of methoxy groups -OCH3 is 1. The lowest BCUT2D eigenvalue weighted by Gasteiger charge is -2.22. The molecule has 6 heteroatoms. The van der Waals surface area contributed by atoms with Gasteiger partial charge in [-0.05, 0) is 73.4 Å². The third-order valence-corrected chi connectivity index (χ3v) is 6.99. The molecule has 0 heterocycles. The molecule has 2 aromatic rings. The molecule has 1 aliphatic carbocycles. The molecular formula is C22H27NO4S. The molecule has 0 spiro atoms. The number of esters is 1. The SMILES string of the molecule is CC[C@H](NS(=O)(=O)c1cc(C(=O)OC)ccc1C)c1ccc2c(c1)CCCC2. The summed E-state index contributed by atoms with van der Waals surface area (Å²) in [5.74, 6) is -0.557. The third kappa shape index (κ3) is 4.28. The van der Waals surface area contributed by atoms with Crippen LogP contribution in [0.2, 0.25) is 0 Å². The van der Waals surface area contributed by atoms with Crippen molar-refractivity contribution in [3.63, 3.8) is 0 Å². The Morgan fingerprint density at radius 3 is 2.50 bits per heavy atom. The number of rotatable bonds is 6. The van der Waals surface area contributed by atoms with Gasteiger partial charge >= 0.3 is 5.97 Å². The van der Waals surface area contributed by atoms with E-state index >= 15 is 0 Å². The van der Waals surface area contributed by atoms with Crippen molar-refractivity contribution in [3.8, 4) is 0 Å². The summed E-state index contributed by atoms with van der Waals surface area (Å²) in [5, 5.41) is 0. The smallest absolute Gasteiger partial charge is 0.337 e. The van der Waals surface area contributed by atoms with Crippen molar-refractivity contribution in [2.24, 2.45) is 0 Å². The Kier molecular flexibility index (Phi) is 6.20. The zero-order chi connectivity index (χ0) is 20.3. The Hall–Kier alpha value is -2.18. The average Bonchev–Trinajstić information content (AvgIpc) is 2.71. The summed E-state index contributed by atoms with van der Waals surface area (Å²) in [6.07, 6.45) is 5.17. The van der Waals surface area contributed by atoms with Gasteiger partial charge in [0.1, 0.15) is 0 Å². The van der Waals surface area contributed by atoms with Gasteiger partial charge in [-0.2, -0.15) is 0 Å². The molecule has 2 aromatic carbocycles. The lowest BCUT2D eigenvalue weighted by molar-refractivity contribution is 0.0600. The number of hydrogen-bond acceptors (Lipinski definition) is 4. The molecule has 0 aliphatic heterocycles. The van der Waals surface area contributed by atoms with E-state index < -0.39 is 16.0 Å². The summed E-state index contributed by atoms with van der Waals surface area (Å²) >= 11 is 0. The van der Waals surface area contributed by atoms with E-state index in [9.17, 15) is 13.2 Å². The Bertz CT molecular complexity index is 982. The number of carbonyl (C=O) groups excluding carboxylic acids is 1. The molecule has 0 saturated carbocycles. The van der Waals surface area contributed by atoms with Gasteiger partial charge in [0, 0.05) is 6.04 Å². The lowest BCUT2D eigenvalue weighted by atomic mass is 9.89. The first kappa shape index (κ1) is 20.6. The minimum absolute atomic E-state index is 0.104. The van der Waals surface area contributed by atoms with Crippen molar-refractivity contribution in [2.75, 3.05) is 7.11 Å². The first-order valence-electron chi connectivity index (χ1n) is 9.68. The molecule has 150 valence electrons. The van der Waals surface area contributed by atoms with E-state index in [0.29, 0.717) is 12.0 Å². The maximum absolute atomic E-state index is 13.1. The van der Waals surface area contributed by atoms with Gasteiger partial charge in [-0.15, -0.1) is 0 Å². The summed E-state index contributed by atoms with van der Waals surface area (Å²) in [5.41, 5.74) is 4.48. The number of aryl methyl sites for hydroxylation is 3. The Morgan fingerprint density at radius 2 is 1.82 bits per heavy atom. The normalized spacial score (nSPS) is 15.0. The number of hydrogen-bond donors (Lipinski definition) is 1. The third-order valence-electron chi connectivity index (χ3n) is 5.38. The minimum Gasteiger partial charge on any atom is -0.465 e. The first-order chi connectivity index (χ1) is 13.4. The van der Waals surface area contributed by atoms with Crippen molar-refractivity contribution >= 4 is 16.0 Å². The van der Waals surface area contributed by atoms with E-state index in [1.165, 1.54) is 37.1 Å². The van der Waals surface area contributed by atoms with Gasteiger partial charge in [-0.25, -0.2) is 17.9 Å². The quantitative estimate of drug-likeness (QED) is 0.740. The van der Waals surface area contributed by atoms with Crippen LogP contribution in [0.1, 0.15) is 64.8 Å². The second kappa shape index (κ2) is 8.45. The molecule has 0 radical (unpaired) electrons. The molecule has 0 unspecified atom stereocenters. The molecule has 28 heavy (non-hydrogen) atoms. The highest BCUT2D eigenvalue weighted by molar-refractivity contribution is 7.89. The molecular weight excluding hydrogens is 374 g/mol. The number of nitrogens with one attached hydrogen (secondary N) is 1. The number of carbonyl (C=O) groups is 1. The van der Waals surface area contributed by atoms with Crippen LogP contribution in [-0.2, 0) is 27.6 Å². The molecule has 1 atom stereocenters. The molecule has 0 aromatic heterocycles. The predicted octanol–water partition coefficient (Wildman–Crippen LogP) is 4.09. The summed E-state index contributed by atoms with van der Waals surface area (Å²) in [6.45, 7) is 3.68. The highest BCUT2D eigenvalue weighted by Gasteiger charge is 2.24. The Labute approximate surface area is 167 Å². The fourth-order valence-corrected chi connectivity index (χ4v) is 5.32. The summed E-state index contributed by atoms with van der Waals surface area (Å²) < 4.78 is 33.7. The Balaban J connectivity index is 1.91. The number of ether oxygens (including phenoxy) is 1. The molecule has 0 bridgehead atoms. The second-order valence-electron chi connectivity index (χ2n) is 7.29. The average molecular weight is 402 g/mol. The van der Waals surface area contributed by atoms with Gasteiger partial charge in [0.15, 0.2) is 0 Å². The lowest BCUT2D eigenvalue weighted by Crippen LogP contribution is -2.29. The van der Waals surface area contributed by atoms with E-state index in [4.69, 9.17) is 4.74 Å². The van der Waals surface area contributed by atoms with Gasteiger partial charge in [0.05, 0.1) is 17.6 Å². The largest absolute Gasteiger partial charge is 0.465 e. The number of benzene rings is 2. The molecule has 0 saturated heterocycles. The van der Waals surface area contributed by atoms with Gasteiger partial charge < -0.3 is 4.74 Å². The van der Waals surface area contributed by atoms with Crippen LogP contribution >= 0.6 is 0 Å². The van der Waals surface area contributed by atoms with Gasteiger partial charge in [-0.1, -0.05) is 31.2 Å². The van der Waals surface area contributed by atoms with Gasteiger partial charge in [0.25, 0.3) is 0 Å². The Morgan fingerprint density at radius 1 is 1.11 bits per heavy atom. The summed E-state index contributed by atoms with van der Waals surface area (Å²) in [7, 11) is -2.52. The summed E-state index contributed by atoms with van der Waals surface area (Å²) in [4.78, 5) is 11.9. The maximum Gasteiger partial charge on any atom is 0.337 e. The standard InChI is InChI=1S/C22H27NO4S/c1-4-20(18-12-11-16-7-5-6-8-17(16)13-18)23-28(25,26)21-14-19(22(24)27-3)10-9-15(21)2/h9-14,20,23H,4-8H2,1-3H3/t20-/m0/s1. The molecule has 1 N–H and O–H groups in total. The summed E-state index contributed by atoms with van der Waals surface area (Å²) in [6, 6.07) is 10.6. The van der Waals surface area contributed by atoms with Crippen LogP contribution in [0.4, 0.5) is 0 Å². The zero-order valence-electron chi connectivity index (χ0n) is 16.6. The van der Waals surface area contributed by atoms with E-state index in [2.05, 4.69) is 16.9 Å². The highest BCUT2D eigenvalue weighted by Crippen LogP contribution is 2.28. The molecule has 3 rings (SSSR count). The van der Waals surface area contributed by atoms with Crippen molar-refractivity contribution in [1.82, 2.24) is 4.72 Å². The number of fused-ring (bicyclic) bond motifs is 1. The molecule has 0 amide bonds. The van der Waals surface area contributed by atoms with Crippen LogP contribution in [0.5, 0.6) is 0 Å². The minimum atomic E-state index is -3.79. The van der Waals surface area contributed by atoms with Crippen molar-refractivity contribution in [2.45, 2.75) is 56.9 Å². The van der Waals surface area contributed by atoms with Crippen molar-refractivity contribution in [1.29, 1.82) is 0 Å². The monoisotopic (exact) mass is 401 g/mol. The fourth-order valence-electron chi connectivity index (χ4n) is 3.74. The van der Waals surface area contributed by atoms with Crippen molar-refractivity contribution in [3.05, 3.63) is 64.2 Å². The highest BCUT2D eigenvalue weighted by atomic mass is 32.2. The van der Waals surface area contributed by atoms with Crippen LogP contribution in [0, 0.1) is 6.92 Å². The van der Waals surface area contributed by atoms with Crippen LogP contribution in [0.3, 0.4) is 0 Å². The van der Waals surface area contributed by atoms with Crippen LogP contribution < -0.4 is 4.72 Å². The van der Waals surface area contributed by atoms with E-state index in [1.54, 1.807) is 19.1 Å². The van der Waals surface area contributed by atoms with Gasteiger partial charge in [0.2, 0.25) is 10.0 Å². The predicted molar refractivity (Wildman–Crippen MR) is 109 cm³/mol. The van der Waals surface area contributed by atoms with Crippen LogP contribution in [-0.4, -0.2) is 21.5 Å². The topological polar surface area (TPSA) is 72.5 Å². The van der Waals surface area contributed by atoms with Gasteiger partial charge in [-0.3, -0.25) is 0 Å². The number of sulfonamides is 1. The first-order valence-corrected chi connectivity index (χ1v) is 11.2. The molecule has 1 aliphatic rings. The van der Waals surface area contributed by atoms with Crippen LogP contribution in [0.25, 0.3) is 0 Å². The van der Waals surface area contributed by atoms with E-state index in [0.717, 1.165) is 18.4 Å². The zero-order valence-corrected chi connectivity index (χ0v) is 17.4. The fraction of sp³-hybridized carbons (Fsp3) is 0.409. The maximum atomic E-state index is 13.1. The van der Waals surface area contributed by atoms with E-state index in [1.807, 2.05) is 13.0 Å². The second-order valence-corrected chi connectivity index (χ2v) is 8.97. The molecule has 5 nitrogen and oxygen atoms in total. The van der Waals surface area contributed by atoms with Crippen molar-refractivity contribution < 1.29 is 17.9 Å². The molecule has 0 fully saturated rings. The van der Waals surface area contributed by atoms with Crippen LogP contribution in [0.15, 0.2) is 41.3 Å². The van der Waals surface area contributed by atoms with E-state index in [-0.39, 0.29) is 16.5 Å².